The first-order chi connectivity index (χ1) is 13.7. The molecule has 164 valence electrons. The first-order valence-corrected chi connectivity index (χ1v) is 12.0. The number of carbonyl (C=O) groups excluding carboxylic acids is 1. The Hall–Kier alpha value is -1.36. The van der Waals surface area contributed by atoms with Crippen molar-refractivity contribution in [3.05, 3.63) is 22.2 Å². The van der Waals surface area contributed by atoms with Gasteiger partial charge in [0.2, 0.25) is 10.0 Å². The smallest absolute Gasteiger partial charge is 0.251 e. The van der Waals surface area contributed by atoms with Gasteiger partial charge in [0.1, 0.15) is 0 Å². The lowest BCUT2D eigenvalue weighted by atomic mass is 10.2. The monoisotopic (exact) mass is 492 g/mol. The van der Waals surface area contributed by atoms with Crippen molar-refractivity contribution < 1.29 is 27.4 Å². The summed E-state index contributed by atoms with van der Waals surface area (Å²) in [5.41, 5.74) is 0.351. The molecule has 0 aromatic heterocycles. The van der Waals surface area contributed by atoms with Gasteiger partial charge in [-0.25, -0.2) is 8.42 Å². The quantitative estimate of drug-likeness (QED) is 0.568. The summed E-state index contributed by atoms with van der Waals surface area (Å²) in [6, 6.07) is 3.20. The number of hydrogen-bond donors (Lipinski definition) is 1. The third kappa shape index (κ3) is 6.56. The van der Waals surface area contributed by atoms with E-state index in [-0.39, 0.29) is 30.4 Å². The number of halogens is 1. The molecular weight excluding hydrogens is 464 g/mol. The fourth-order valence-corrected chi connectivity index (χ4v) is 5.13. The molecule has 0 radical (unpaired) electrons. The number of benzene rings is 1. The van der Waals surface area contributed by atoms with Crippen molar-refractivity contribution >= 4 is 31.9 Å². The van der Waals surface area contributed by atoms with Crippen LogP contribution in [0, 0.1) is 0 Å². The number of amides is 1. The Morgan fingerprint density at radius 1 is 1.31 bits per heavy atom. The maximum atomic E-state index is 12.6. The van der Waals surface area contributed by atoms with Gasteiger partial charge in [-0.1, -0.05) is 6.92 Å². The highest BCUT2D eigenvalue weighted by Crippen LogP contribution is 2.36. The second kappa shape index (κ2) is 10.6. The fraction of sp³-hybridized carbons (Fsp3) is 0.632. The van der Waals surface area contributed by atoms with E-state index in [9.17, 15) is 13.2 Å². The Morgan fingerprint density at radius 2 is 1.97 bits per heavy atom. The summed E-state index contributed by atoms with van der Waals surface area (Å²) in [4.78, 5) is 12.5. The molecule has 1 aliphatic heterocycles. The lowest BCUT2D eigenvalue weighted by Gasteiger charge is -2.34. The molecule has 1 aromatic rings. The number of nitrogens with one attached hydrogen (secondary N) is 1. The molecule has 1 amide bonds. The number of morpholine rings is 1. The molecule has 1 heterocycles. The standard InChI is InChI=1S/C19H29BrN2O6S/c1-5-7-27-18-16(20)9-15(10-17(18)26-4)19(23)21-6-8-29(24,25)22-11-13(2)28-14(3)12-22/h9-10,13-14H,5-8,11-12H2,1-4H3,(H,21,23). The molecule has 1 saturated heterocycles. The zero-order valence-corrected chi connectivity index (χ0v) is 19.6. The van der Waals surface area contributed by atoms with E-state index in [1.54, 1.807) is 12.1 Å². The summed E-state index contributed by atoms with van der Waals surface area (Å²) in [5.74, 6) is 0.407. The average Bonchev–Trinajstić information content (AvgIpc) is 2.65. The van der Waals surface area contributed by atoms with Gasteiger partial charge in [0.05, 0.1) is 36.2 Å². The Labute approximate surface area is 181 Å². The molecule has 2 rings (SSSR count). The molecule has 0 bridgehead atoms. The average molecular weight is 493 g/mol. The highest BCUT2D eigenvalue weighted by molar-refractivity contribution is 9.10. The van der Waals surface area contributed by atoms with Crippen LogP contribution in [-0.2, 0) is 14.8 Å². The molecule has 29 heavy (non-hydrogen) atoms. The van der Waals surface area contributed by atoms with Crippen molar-refractivity contribution in [3.63, 3.8) is 0 Å². The molecular formula is C19H29BrN2O6S. The predicted octanol–water partition coefficient (Wildman–Crippen LogP) is 2.42. The molecule has 1 aliphatic rings. The SMILES string of the molecule is CCCOc1c(Br)cc(C(=O)NCCS(=O)(=O)N2CC(C)OC(C)C2)cc1OC. The highest BCUT2D eigenvalue weighted by atomic mass is 79.9. The number of hydrogen-bond acceptors (Lipinski definition) is 6. The van der Waals surface area contributed by atoms with Crippen molar-refractivity contribution in [1.82, 2.24) is 9.62 Å². The number of ether oxygens (including phenoxy) is 3. The lowest BCUT2D eigenvalue weighted by molar-refractivity contribution is -0.0440. The van der Waals surface area contributed by atoms with Crippen molar-refractivity contribution in [3.8, 4) is 11.5 Å². The van der Waals surface area contributed by atoms with E-state index in [2.05, 4.69) is 21.2 Å². The largest absolute Gasteiger partial charge is 0.493 e. The first kappa shape index (κ1) is 23.9. The van der Waals surface area contributed by atoms with Gasteiger partial charge in [0.15, 0.2) is 11.5 Å². The van der Waals surface area contributed by atoms with E-state index in [4.69, 9.17) is 14.2 Å². The summed E-state index contributed by atoms with van der Waals surface area (Å²) in [6.45, 7) is 6.87. The minimum absolute atomic E-state index is 0.00923. The lowest BCUT2D eigenvalue weighted by Crippen LogP contribution is -2.49. The van der Waals surface area contributed by atoms with Gasteiger partial charge < -0.3 is 19.5 Å². The fourth-order valence-electron chi connectivity index (χ4n) is 3.08. The van der Waals surface area contributed by atoms with Crippen LogP contribution in [0.5, 0.6) is 11.5 Å². The summed E-state index contributed by atoms with van der Waals surface area (Å²) >= 11 is 3.40. The van der Waals surface area contributed by atoms with Gasteiger partial charge in [-0.15, -0.1) is 0 Å². The van der Waals surface area contributed by atoms with Crippen LogP contribution in [0.1, 0.15) is 37.6 Å². The van der Waals surface area contributed by atoms with Crippen LogP contribution in [-0.4, -0.2) is 69.9 Å². The van der Waals surface area contributed by atoms with Gasteiger partial charge in [-0.3, -0.25) is 4.79 Å². The van der Waals surface area contributed by atoms with Gasteiger partial charge in [-0.2, -0.15) is 4.31 Å². The second-order valence-corrected chi connectivity index (χ2v) is 9.93. The third-order valence-electron chi connectivity index (χ3n) is 4.37. The summed E-state index contributed by atoms with van der Waals surface area (Å²) in [7, 11) is -1.98. The molecule has 0 spiro atoms. The van der Waals surface area contributed by atoms with Crippen LogP contribution in [0.2, 0.25) is 0 Å². The molecule has 1 fully saturated rings. The van der Waals surface area contributed by atoms with E-state index < -0.39 is 10.0 Å². The zero-order valence-electron chi connectivity index (χ0n) is 17.2. The highest BCUT2D eigenvalue weighted by Gasteiger charge is 2.30. The number of carbonyl (C=O) groups is 1. The van der Waals surface area contributed by atoms with Gasteiger partial charge in [0, 0.05) is 25.2 Å². The van der Waals surface area contributed by atoms with Crippen molar-refractivity contribution in [2.24, 2.45) is 0 Å². The van der Waals surface area contributed by atoms with Crippen LogP contribution in [0.3, 0.4) is 0 Å². The Kier molecular flexibility index (Phi) is 8.74. The van der Waals surface area contributed by atoms with Crippen LogP contribution in [0.15, 0.2) is 16.6 Å². The Bertz CT molecular complexity index is 807. The van der Waals surface area contributed by atoms with Gasteiger partial charge in [0.25, 0.3) is 5.91 Å². The van der Waals surface area contributed by atoms with E-state index in [1.807, 2.05) is 20.8 Å². The molecule has 0 saturated carbocycles. The van der Waals surface area contributed by atoms with Crippen molar-refractivity contribution in [2.75, 3.05) is 39.1 Å². The molecule has 1 aromatic carbocycles. The molecule has 2 atom stereocenters. The van der Waals surface area contributed by atoms with Crippen molar-refractivity contribution in [2.45, 2.75) is 39.4 Å². The normalized spacial score (nSPS) is 20.3. The molecule has 2 unspecified atom stereocenters. The third-order valence-corrected chi connectivity index (χ3v) is 6.76. The van der Waals surface area contributed by atoms with Crippen LogP contribution < -0.4 is 14.8 Å². The Balaban J connectivity index is 1.99. The van der Waals surface area contributed by atoms with Crippen LogP contribution in [0.25, 0.3) is 0 Å². The number of methoxy groups -OCH3 is 1. The van der Waals surface area contributed by atoms with Gasteiger partial charge in [-0.05, 0) is 48.3 Å². The molecule has 1 N–H and O–H groups in total. The van der Waals surface area contributed by atoms with E-state index in [0.29, 0.717) is 41.2 Å². The van der Waals surface area contributed by atoms with Crippen LogP contribution in [0.4, 0.5) is 0 Å². The van der Waals surface area contributed by atoms with E-state index in [1.165, 1.54) is 11.4 Å². The van der Waals surface area contributed by atoms with E-state index >= 15 is 0 Å². The summed E-state index contributed by atoms with van der Waals surface area (Å²) in [5, 5.41) is 2.66. The van der Waals surface area contributed by atoms with Gasteiger partial charge >= 0.3 is 0 Å². The summed E-state index contributed by atoms with van der Waals surface area (Å²) < 4.78 is 43.7. The summed E-state index contributed by atoms with van der Waals surface area (Å²) in [6.07, 6.45) is 0.537. The second-order valence-electron chi connectivity index (χ2n) is 6.98. The topological polar surface area (TPSA) is 94.2 Å². The predicted molar refractivity (Wildman–Crippen MR) is 114 cm³/mol. The minimum Gasteiger partial charge on any atom is -0.493 e. The first-order valence-electron chi connectivity index (χ1n) is 9.59. The number of nitrogens with zero attached hydrogens (tertiary/aromatic N) is 1. The van der Waals surface area contributed by atoms with Crippen LogP contribution >= 0.6 is 15.9 Å². The number of sulfonamides is 1. The minimum atomic E-state index is -3.48. The van der Waals surface area contributed by atoms with Crippen molar-refractivity contribution in [1.29, 1.82) is 0 Å². The van der Waals surface area contributed by atoms with E-state index in [0.717, 1.165) is 6.42 Å². The molecule has 10 heteroatoms. The zero-order chi connectivity index (χ0) is 21.6. The molecule has 8 nitrogen and oxygen atoms in total. The molecule has 0 aliphatic carbocycles. The number of rotatable bonds is 9. The maximum absolute atomic E-state index is 12.6. The maximum Gasteiger partial charge on any atom is 0.251 e. The Morgan fingerprint density at radius 3 is 2.55 bits per heavy atom.